The maximum atomic E-state index is 11.4. The number of carbonyl (C=O) groups is 1. The fraction of sp³-hybridized carbons (Fsp3) is 0.438. The average molecular weight is 294 g/mol. The highest BCUT2D eigenvalue weighted by atomic mass is 16.5. The van der Waals surface area contributed by atoms with Crippen LogP contribution < -0.4 is 4.74 Å². The van der Waals surface area contributed by atoms with Gasteiger partial charge in [-0.05, 0) is 38.0 Å². The topological polar surface area (TPSA) is 76.0 Å². The Morgan fingerprint density at radius 3 is 2.57 bits per heavy atom. The van der Waals surface area contributed by atoms with Crippen LogP contribution in [-0.4, -0.2) is 36.0 Å². The third-order valence-corrected chi connectivity index (χ3v) is 2.87. The molecule has 2 N–H and O–H groups in total. The standard InChI is InChI=1S/C16H22O5/c1-3-20-16(19)12(2)4-9-15(18)13-5-7-14(8-6-13)21-11-10-17/h4-8,15,17-18H,3,9-11H2,1-2H3/b12-4+/t15-/m1/s1. The lowest BCUT2D eigenvalue weighted by molar-refractivity contribution is -0.138. The van der Waals surface area contributed by atoms with Crippen LogP contribution in [0.5, 0.6) is 5.75 Å². The highest BCUT2D eigenvalue weighted by Gasteiger charge is 2.09. The molecule has 21 heavy (non-hydrogen) atoms. The predicted octanol–water partition coefficient (Wildman–Crippen LogP) is 1.99. The number of esters is 1. The minimum Gasteiger partial charge on any atom is -0.491 e. The number of hydrogen-bond acceptors (Lipinski definition) is 5. The first-order chi connectivity index (χ1) is 10.1. The van der Waals surface area contributed by atoms with Crippen molar-refractivity contribution in [3.05, 3.63) is 41.5 Å². The second-order valence-corrected chi connectivity index (χ2v) is 4.50. The summed E-state index contributed by atoms with van der Waals surface area (Å²) in [6, 6.07) is 6.97. The smallest absolute Gasteiger partial charge is 0.333 e. The van der Waals surface area contributed by atoms with Crippen LogP contribution in [0.3, 0.4) is 0 Å². The highest BCUT2D eigenvalue weighted by molar-refractivity contribution is 5.87. The van der Waals surface area contributed by atoms with Crippen molar-refractivity contribution in [2.45, 2.75) is 26.4 Å². The molecule has 5 heteroatoms. The van der Waals surface area contributed by atoms with Crippen LogP contribution >= 0.6 is 0 Å². The lowest BCUT2D eigenvalue weighted by Gasteiger charge is -2.10. The van der Waals surface area contributed by atoms with E-state index in [0.29, 0.717) is 24.4 Å². The van der Waals surface area contributed by atoms with Gasteiger partial charge in [0.05, 0.1) is 19.3 Å². The summed E-state index contributed by atoms with van der Waals surface area (Å²) in [5, 5.41) is 18.7. The van der Waals surface area contributed by atoms with Crippen molar-refractivity contribution < 1.29 is 24.5 Å². The van der Waals surface area contributed by atoms with E-state index in [1.165, 1.54) is 0 Å². The summed E-state index contributed by atoms with van der Waals surface area (Å²) < 4.78 is 10.1. The molecular formula is C16H22O5. The number of ether oxygens (including phenoxy) is 2. The quantitative estimate of drug-likeness (QED) is 0.566. The Kier molecular flexibility index (Phi) is 7.50. The fourth-order valence-electron chi connectivity index (χ4n) is 1.70. The van der Waals surface area contributed by atoms with E-state index >= 15 is 0 Å². The summed E-state index contributed by atoms with van der Waals surface area (Å²) in [6.07, 6.45) is 1.31. The van der Waals surface area contributed by atoms with Crippen molar-refractivity contribution in [1.29, 1.82) is 0 Å². The Hall–Kier alpha value is -1.85. The van der Waals surface area contributed by atoms with Crippen molar-refractivity contribution >= 4 is 5.97 Å². The lowest BCUT2D eigenvalue weighted by Crippen LogP contribution is -2.06. The summed E-state index contributed by atoms with van der Waals surface area (Å²) in [7, 11) is 0. The summed E-state index contributed by atoms with van der Waals surface area (Å²) >= 11 is 0. The molecule has 116 valence electrons. The van der Waals surface area contributed by atoms with Gasteiger partial charge in [-0.1, -0.05) is 18.2 Å². The van der Waals surface area contributed by atoms with E-state index in [9.17, 15) is 9.90 Å². The van der Waals surface area contributed by atoms with Gasteiger partial charge in [0.1, 0.15) is 12.4 Å². The molecule has 0 bridgehead atoms. The van der Waals surface area contributed by atoms with Crippen molar-refractivity contribution in [3.63, 3.8) is 0 Å². The zero-order chi connectivity index (χ0) is 15.7. The molecule has 0 aliphatic carbocycles. The zero-order valence-electron chi connectivity index (χ0n) is 12.4. The third kappa shape index (κ3) is 5.97. The van der Waals surface area contributed by atoms with Gasteiger partial charge in [-0.2, -0.15) is 0 Å². The number of benzene rings is 1. The molecule has 0 fully saturated rings. The van der Waals surface area contributed by atoms with Gasteiger partial charge in [-0.15, -0.1) is 0 Å². The Morgan fingerprint density at radius 2 is 2.00 bits per heavy atom. The van der Waals surface area contributed by atoms with E-state index in [4.69, 9.17) is 14.6 Å². The molecule has 0 saturated carbocycles. The molecule has 0 spiro atoms. The van der Waals surface area contributed by atoms with Gasteiger partial charge < -0.3 is 19.7 Å². The predicted molar refractivity (Wildman–Crippen MR) is 79.0 cm³/mol. The van der Waals surface area contributed by atoms with E-state index < -0.39 is 6.10 Å². The maximum absolute atomic E-state index is 11.4. The van der Waals surface area contributed by atoms with Crippen LogP contribution in [0.25, 0.3) is 0 Å². The second-order valence-electron chi connectivity index (χ2n) is 4.50. The van der Waals surface area contributed by atoms with E-state index in [1.807, 2.05) is 0 Å². The van der Waals surface area contributed by atoms with Crippen LogP contribution in [0.2, 0.25) is 0 Å². The Bertz CT molecular complexity index is 464. The van der Waals surface area contributed by atoms with Crippen molar-refractivity contribution in [1.82, 2.24) is 0 Å². The van der Waals surface area contributed by atoms with E-state index in [-0.39, 0.29) is 19.2 Å². The van der Waals surface area contributed by atoms with Crippen molar-refractivity contribution in [3.8, 4) is 5.75 Å². The van der Waals surface area contributed by atoms with Crippen LogP contribution in [0, 0.1) is 0 Å². The van der Waals surface area contributed by atoms with Gasteiger partial charge in [0.2, 0.25) is 0 Å². The number of hydrogen-bond donors (Lipinski definition) is 2. The molecule has 0 unspecified atom stereocenters. The van der Waals surface area contributed by atoms with Crippen molar-refractivity contribution in [2.24, 2.45) is 0 Å². The highest BCUT2D eigenvalue weighted by Crippen LogP contribution is 2.21. The first kappa shape index (κ1) is 17.2. The SMILES string of the molecule is CCOC(=O)/C(C)=C/C[C@@H](O)c1ccc(OCCO)cc1. The summed E-state index contributed by atoms with van der Waals surface area (Å²) in [4.78, 5) is 11.4. The van der Waals surface area contributed by atoms with Gasteiger partial charge >= 0.3 is 5.97 Å². The van der Waals surface area contributed by atoms with E-state index in [0.717, 1.165) is 5.56 Å². The summed E-state index contributed by atoms with van der Waals surface area (Å²) in [5.74, 6) is 0.274. The summed E-state index contributed by atoms with van der Waals surface area (Å²) in [5.41, 5.74) is 1.22. The first-order valence-corrected chi connectivity index (χ1v) is 6.94. The van der Waals surface area contributed by atoms with E-state index in [1.54, 1.807) is 44.2 Å². The van der Waals surface area contributed by atoms with E-state index in [2.05, 4.69) is 0 Å². The molecule has 0 amide bonds. The molecule has 1 aromatic carbocycles. The van der Waals surface area contributed by atoms with Gasteiger partial charge in [0.25, 0.3) is 0 Å². The van der Waals surface area contributed by atoms with Crippen LogP contribution in [-0.2, 0) is 9.53 Å². The van der Waals surface area contributed by atoms with Crippen molar-refractivity contribution in [2.75, 3.05) is 19.8 Å². The Labute approximate surface area is 124 Å². The fourth-order valence-corrected chi connectivity index (χ4v) is 1.70. The van der Waals surface area contributed by atoms with Gasteiger partial charge in [0.15, 0.2) is 0 Å². The molecule has 0 aromatic heterocycles. The molecule has 5 nitrogen and oxygen atoms in total. The molecule has 0 aliphatic heterocycles. The minimum atomic E-state index is -0.693. The monoisotopic (exact) mass is 294 g/mol. The largest absolute Gasteiger partial charge is 0.491 e. The van der Waals surface area contributed by atoms with Crippen LogP contribution in [0.15, 0.2) is 35.9 Å². The van der Waals surface area contributed by atoms with Gasteiger partial charge in [0, 0.05) is 5.57 Å². The van der Waals surface area contributed by atoms with Gasteiger partial charge in [-0.25, -0.2) is 4.79 Å². The summed E-state index contributed by atoms with van der Waals surface area (Å²) in [6.45, 7) is 3.95. The minimum absolute atomic E-state index is 0.0394. The molecule has 0 heterocycles. The second kappa shape index (κ2) is 9.15. The van der Waals surface area contributed by atoms with Crippen LogP contribution in [0.4, 0.5) is 0 Å². The lowest BCUT2D eigenvalue weighted by atomic mass is 10.1. The molecular weight excluding hydrogens is 272 g/mol. The number of rotatable bonds is 8. The Morgan fingerprint density at radius 1 is 1.33 bits per heavy atom. The zero-order valence-corrected chi connectivity index (χ0v) is 12.4. The third-order valence-electron chi connectivity index (χ3n) is 2.87. The van der Waals surface area contributed by atoms with Crippen LogP contribution in [0.1, 0.15) is 31.9 Å². The molecule has 0 radical (unpaired) electrons. The molecule has 1 atom stereocenters. The normalized spacial score (nSPS) is 12.9. The molecule has 1 rings (SSSR count). The Balaban J connectivity index is 2.57. The number of aliphatic hydroxyl groups is 2. The molecule has 1 aromatic rings. The number of aliphatic hydroxyl groups excluding tert-OH is 2. The average Bonchev–Trinajstić information content (AvgIpc) is 2.51. The first-order valence-electron chi connectivity index (χ1n) is 6.94. The number of carbonyl (C=O) groups excluding carboxylic acids is 1. The molecule has 0 aliphatic rings. The van der Waals surface area contributed by atoms with Gasteiger partial charge in [-0.3, -0.25) is 0 Å². The molecule has 0 saturated heterocycles. The maximum Gasteiger partial charge on any atom is 0.333 e.